The molecule has 2 unspecified atom stereocenters. The molecule has 7 atom stereocenters. The van der Waals surface area contributed by atoms with Gasteiger partial charge in [0, 0.05) is 18.1 Å². The summed E-state index contributed by atoms with van der Waals surface area (Å²) in [7, 11) is 0. The number of fused-ring (bicyclic) bond motifs is 5. The van der Waals surface area contributed by atoms with E-state index in [-0.39, 0.29) is 0 Å². The summed E-state index contributed by atoms with van der Waals surface area (Å²) < 4.78 is 2.27. The fraction of sp³-hybridized carbons (Fsp3) is 0.655. The van der Waals surface area contributed by atoms with Crippen LogP contribution >= 0.6 is 0 Å². The van der Waals surface area contributed by atoms with Gasteiger partial charge in [-0.1, -0.05) is 33.1 Å². The number of hydrogen-bond donors (Lipinski definition) is 1. The van der Waals surface area contributed by atoms with Gasteiger partial charge in [-0.05, 0) is 121 Å². The van der Waals surface area contributed by atoms with Crippen molar-refractivity contribution in [1.29, 1.82) is 0 Å². The van der Waals surface area contributed by atoms with Crippen LogP contribution in [0.1, 0.15) is 89.5 Å². The summed E-state index contributed by atoms with van der Waals surface area (Å²) in [5.74, 6) is 4.45. The van der Waals surface area contributed by atoms with E-state index in [9.17, 15) is 5.11 Å². The summed E-state index contributed by atoms with van der Waals surface area (Å²) in [5, 5.41) is 10.5. The quantitative estimate of drug-likeness (QED) is 0.532. The standard InChI is InChI=1S/C29H39NO/c1-28-13-7-9-24(28)23-19-21(25-8-3-4-14-29(25,2)26(23)12-15-28)22-18-20(31)10-11-27(22)30-16-5-6-17-30/h5-6,10-11,16-18,21,23-26,31H,3-4,7-9,12-15,19H2,1-2H3/t21?,23-,24-,25?,26+,28-,29-/m0/s1. The third-order valence-electron chi connectivity index (χ3n) is 10.7. The zero-order chi connectivity index (χ0) is 21.2. The van der Waals surface area contributed by atoms with Crippen molar-refractivity contribution in [2.75, 3.05) is 0 Å². The van der Waals surface area contributed by atoms with Gasteiger partial charge in [0.2, 0.25) is 0 Å². The first kappa shape index (κ1) is 19.9. The second-order valence-electron chi connectivity index (χ2n) is 12.0. The smallest absolute Gasteiger partial charge is 0.116 e. The first-order valence-corrected chi connectivity index (χ1v) is 13.0. The van der Waals surface area contributed by atoms with Gasteiger partial charge < -0.3 is 9.67 Å². The molecule has 2 aromatic rings. The third kappa shape index (κ3) is 2.96. The minimum Gasteiger partial charge on any atom is -0.508 e. The van der Waals surface area contributed by atoms with Crippen molar-refractivity contribution in [1.82, 2.24) is 4.57 Å². The van der Waals surface area contributed by atoms with Crippen LogP contribution < -0.4 is 0 Å². The highest BCUT2D eigenvalue weighted by Crippen LogP contribution is 2.69. The van der Waals surface area contributed by atoms with E-state index in [1.165, 1.54) is 75.5 Å². The van der Waals surface area contributed by atoms with Gasteiger partial charge in [-0.25, -0.2) is 0 Å². The largest absolute Gasteiger partial charge is 0.508 e. The van der Waals surface area contributed by atoms with Gasteiger partial charge in [-0.15, -0.1) is 0 Å². The van der Waals surface area contributed by atoms with Crippen LogP contribution in [0.4, 0.5) is 0 Å². The van der Waals surface area contributed by atoms with Crippen molar-refractivity contribution in [2.24, 2.45) is 34.5 Å². The highest BCUT2D eigenvalue weighted by atomic mass is 16.3. The number of hydrogen-bond acceptors (Lipinski definition) is 1. The Morgan fingerprint density at radius 2 is 1.68 bits per heavy atom. The topological polar surface area (TPSA) is 25.2 Å². The van der Waals surface area contributed by atoms with Crippen molar-refractivity contribution in [3.63, 3.8) is 0 Å². The van der Waals surface area contributed by atoms with E-state index in [1.54, 1.807) is 0 Å². The third-order valence-corrected chi connectivity index (χ3v) is 10.7. The zero-order valence-corrected chi connectivity index (χ0v) is 19.4. The monoisotopic (exact) mass is 417 g/mol. The van der Waals surface area contributed by atoms with Crippen LogP contribution in [0.15, 0.2) is 42.7 Å². The molecule has 6 rings (SSSR count). The van der Waals surface area contributed by atoms with Gasteiger partial charge in [0.15, 0.2) is 0 Å². The normalized spacial score (nSPS) is 41.9. The van der Waals surface area contributed by atoms with Crippen molar-refractivity contribution in [3.8, 4) is 11.4 Å². The summed E-state index contributed by atoms with van der Waals surface area (Å²) in [4.78, 5) is 0. The molecule has 4 fully saturated rings. The van der Waals surface area contributed by atoms with E-state index in [0.29, 0.717) is 22.5 Å². The maximum absolute atomic E-state index is 10.5. The van der Waals surface area contributed by atoms with Gasteiger partial charge in [-0.2, -0.15) is 0 Å². The van der Waals surface area contributed by atoms with Crippen LogP contribution in [0.2, 0.25) is 0 Å². The Hall–Kier alpha value is -1.70. The highest BCUT2D eigenvalue weighted by Gasteiger charge is 2.59. The lowest BCUT2D eigenvalue weighted by Crippen LogP contribution is -2.54. The zero-order valence-electron chi connectivity index (χ0n) is 19.4. The molecule has 4 aliphatic rings. The molecule has 1 aromatic carbocycles. The van der Waals surface area contributed by atoms with Crippen LogP contribution in [0.3, 0.4) is 0 Å². The highest BCUT2D eigenvalue weighted by molar-refractivity contribution is 5.48. The van der Waals surface area contributed by atoms with Crippen LogP contribution in [-0.4, -0.2) is 9.67 Å². The molecule has 4 aliphatic carbocycles. The fourth-order valence-electron chi connectivity index (χ4n) is 9.30. The van der Waals surface area contributed by atoms with Gasteiger partial charge in [0.1, 0.15) is 5.75 Å². The second-order valence-corrected chi connectivity index (χ2v) is 12.0. The number of phenolic OH excluding ortho intramolecular Hbond substituents is 1. The Kier molecular flexibility index (Phi) is 4.60. The number of benzene rings is 1. The maximum Gasteiger partial charge on any atom is 0.116 e. The predicted molar refractivity (Wildman–Crippen MR) is 127 cm³/mol. The molecule has 1 aromatic heterocycles. The average molecular weight is 418 g/mol. The number of nitrogens with zero attached hydrogens (tertiary/aromatic N) is 1. The SMILES string of the molecule is C[C@@]12CCC[C@H]1[C@@H]1CC(c3cc(O)ccc3-n3cccc3)C3CCCC[C@]3(C)[C@@H]1CC2. The summed E-state index contributed by atoms with van der Waals surface area (Å²) >= 11 is 0. The Morgan fingerprint density at radius 1 is 0.871 bits per heavy atom. The lowest BCUT2D eigenvalue weighted by molar-refractivity contribution is -0.113. The molecule has 0 radical (unpaired) electrons. The molecule has 0 spiro atoms. The lowest BCUT2D eigenvalue weighted by atomic mass is 9.42. The Morgan fingerprint density at radius 3 is 2.52 bits per heavy atom. The number of aromatic nitrogens is 1. The number of rotatable bonds is 2. The molecule has 1 heterocycles. The summed E-state index contributed by atoms with van der Waals surface area (Å²) in [6.07, 6.45) is 18.5. The van der Waals surface area contributed by atoms with E-state index in [2.05, 4.69) is 55.1 Å². The van der Waals surface area contributed by atoms with Crippen molar-refractivity contribution in [2.45, 2.75) is 84.0 Å². The molecular formula is C29H39NO. The molecule has 2 nitrogen and oxygen atoms in total. The average Bonchev–Trinajstić information content (AvgIpc) is 3.42. The Labute approximate surface area is 188 Å². The maximum atomic E-state index is 10.5. The van der Waals surface area contributed by atoms with Crippen molar-refractivity contribution >= 4 is 0 Å². The minimum absolute atomic E-state index is 0.430. The van der Waals surface area contributed by atoms with Crippen LogP contribution in [0.5, 0.6) is 5.75 Å². The molecule has 0 aliphatic heterocycles. The van der Waals surface area contributed by atoms with Gasteiger partial charge in [0.25, 0.3) is 0 Å². The number of phenols is 1. The summed E-state index contributed by atoms with van der Waals surface area (Å²) in [6, 6.07) is 10.4. The fourth-order valence-corrected chi connectivity index (χ4v) is 9.30. The molecule has 0 bridgehead atoms. The summed E-state index contributed by atoms with van der Waals surface area (Å²) in [5.41, 5.74) is 3.74. The van der Waals surface area contributed by atoms with Gasteiger partial charge in [0.05, 0.1) is 0 Å². The number of aromatic hydroxyl groups is 1. The molecule has 0 amide bonds. The first-order chi connectivity index (χ1) is 15.0. The van der Waals surface area contributed by atoms with Crippen molar-refractivity contribution in [3.05, 3.63) is 48.3 Å². The molecule has 0 saturated heterocycles. The molecular weight excluding hydrogens is 378 g/mol. The van der Waals surface area contributed by atoms with E-state index in [0.717, 1.165) is 23.7 Å². The van der Waals surface area contributed by atoms with E-state index in [4.69, 9.17) is 0 Å². The van der Waals surface area contributed by atoms with Crippen LogP contribution in [0.25, 0.3) is 5.69 Å². The first-order valence-electron chi connectivity index (χ1n) is 13.0. The predicted octanol–water partition coefficient (Wildman–Crippen LogP) is 7.70. The van der Waals surface area contributed by atoms with Crippen LogP contribution in [-0.2, 0) is 0 Å². The lowest BCUT2D eigenvalue weighted by Gasteiger charge is -2.62. The molecule has 4 saturated carbocycles. The summed E-state index contributed by atoms with van der Waals surface area (Å²) in [6.45, 7) is 5.29. The Balaban J connectivity index is 1.47. The minimum atomic E-state index is 0.430. The van der Waals surface area contributed by atoms with E-state index in [1.807, 2.05) is 6.07 Å². The van der Waals surface area contributed by atoms with Gasteiger partial charge in [-0.3, -0.25) is 0 Å². The molecule has 2 heteroatoms. The Bertz CT molecular complexity index is 948. The van der Waals surface area contributed by atoms with Crippen molar-refractivity contribution < 1.29 is 5.11 Å². The van der Waals surface area contributed by atoms with E-state index >= 15 is 0 Å². The van der Waals surface area contributed by atoms with E-state index < -0.39 is 0 Å². The van der Waals surface area contributed by atoms with Gasteiger partial charge >= 0.3 is 0 Å². The van der Waals surface area contributed by atoms with Crippen LogP contribution in [0, 0.1) is 34.5 Å². The second kappa shape index (κ2) is 7.15. The molecule has 1 N–H and O–H groups in total. The molecule has 31 heavy (non-hydrogen) atoms. The molecule has 166 valence electrons.